The predicted molar refractivity (Wildman–Crippen MR) is 79.8 cm³/mol. The van der Waals surface area contributed by atoms with E-state index in [-0.39, 0.29) is 0 Å². The molecule has 0 aliphatic heterocycles. The second-order valence-electron chi connectivity index (χ2n) is 5.44. The molecule has 0 aromatic heterocycles. The van der Waals surface area contributed by atoms with Gasteiger partial charge in [0, 0.05) is 6.04 Å². The summed E-state index contributed by atoms with van der Waals surface area (Å²) in [6.07, 6.45) is 0. The molecular formula is C17H23N. The highest BCUT2D eigenvalue weighted by atomic mass is 14.9. The Bertz CT molecular complexity index is 511. The number of nitrogens with one attached hydrogen (secondary N) is 1. The standard InChI is InChI=1S/C17H23N/c1-12(2)13(3)17(18-4)16-11-7-9-14-8-5-6-10-15(14)16/h5-13,17-18H,1-4H3. The first-order chi connectivity index (χ1) is 8.65. The van der Waals surface area contributed by atoms with Crippen molar-refractivity contribution in [1.82, 2.24) is 5.32 Å². The molecule has 0 aliphatic rings. The molecule has 2 aromatic carbocycles. The van der Waals surface area contributed by atoms with Gasteiger partial charge >= 0.3 is 0 Å². The van der Waals surface area contributed by atoms with Gasteiger partial charge in [-0.05, 0) is 35.2 Å². The third-order valence-electron chi connectivity index (χ3n) is 4.05. The van der Waals surface area contributed by atoms with E-state index in [1.165, 1.54) is 16.3 Å². The number of hydrogen-bond donors (Lipinski definition) is 1. The van der Waals surface area contributed by atoms with E-state index in [9.17, 15) is 0 Å². The Balaban J connectivity index is 2.51. The highest BCUT2D eigenvalue weighted by molar-refractivity contribution is 5.86. The van der Waals surface area contributed by atoms with E-state index in [1.807, 2.05) is 0 Å². The van der Waals surface area contributed by atoms with Crippen LogP contribution in [0.1, 0.15) is 32.4 Å². The summed E-state index contributed by atoms with van der Waals surface area (Å²) in [5.41, 5.74) is 1.41. The summed E-state index contributed by atoms with van der Waals surface area (Å²) in [4.78, 5) is 0. The Morgan fingerprint density at radius 2 is 1.56 bits per heavy atom. The lowest BCUT2D eigenvalue weighted by Crippen LogP contribution is -2.26. The molecule has 0 radical (unpaired) electrons. The fourth-order valence-electron chi connectivity index (χ4n) is 2.61. The van der Waals surface area contributed by atoms with Crippen LogP contribution >= 0.6 is 0 Å². The highest BCUT2D eigenvalue weighted by Crippen LogP contribution is 2.32. The van der Waals surface area contributed by atoms with Crippen LogP contribution in [0.4, 0.5) is 0 Å². The lowest BCUT2D eigenvalue weighted by molar-refractivity contribution is 0.318. The quantitative estimate of drug-likeness (QED) is 0.837. The SMILES string of the molecule is CNC(c1cccc2ccccc12)C(C)C(C)C. The van der Waals surface area contributed by atoms with Crippen LogP contribution in [0.25, 0.3) is 10.8 Å². The van der Waals surface area contributed by atoms with E-state index in [2.05, 4.69) is 75.6 Å². The Morgan fingerprint density at radius 3 is 2.22 bits per heavy atom. The summed E-state index contributed by atoms with van der Waals surface area (Å²) in [5.74, 6) is 1.28. The molecular weight excluding hydrogens is 218 g/mol. The van der Waals surface area contributed by atoms with Gasteiger partial charge in [0.25, 0.3) is 0 Å². The minimum absolute atomic E-state index is 0.413. The average Bonchev–Trinajstić information content (AvgIpc) is 2.39. The van der Waals surface area contributed by atoms with Crippen molar-refractivity contribution in [2.75, 3.05) is 7.05 Å². The Hall–Kier alpha value is -1.34. The molecule has 2 atom stereocenters. The van der Waals surface area contributed by atoms with Crippen LogP contribution < -0.4 is 5.32 Å². The molecule has 96 valence electrons. The van der Waals surface area contributed by atoms with Crippen LogP contribution in [0.5, 0.6) is 0 Å². The average molecular weight is 241 g/mol. The van der Waals surface area contributed by atoms with Crippen molar-refractivity contribution in [3.8, 4) is 0 Å². The van der Waals surface area contributed by atoms with E-state index in [0.29, 0.717) is 17.9 Å². The van der Waals surface area contributed by atoms with Crippen LogP contribution in [-0.4, -0.2) is 7.05 Å². The van der Waals surface area contributed by atoms with Gasteiger partial charge in [-0.25, -0.2) is 0 Å². The molecule has 0 saturated heterocycles. The van der Waals surface area contributed by atoms with E-state index in [4.69, 9.17) is 0 Å². The zero-order valence-electron chi connectivity index (χ0n) is 11.8. The Morgan fingerprint density at radius 1 is 0.889 bits per heavy atom. The van der Waals surface area contributed by atoms with Gasteiger partial charge in [0.2, 0.25) is 0 Å². The summed E-state index contributed by atoms with van der Waals surface area (Å²) < 4.78 is 0. The Labute approximate surface area is 110 Å². The summed E-state index contributed by atoms with van der Waals surface area (Å²) in [5, 5.41) is 6.18. The van der Waals surface area contributed by atoms with Crippen molar-refractivity contribution in [3.63, 3.8) is 0 Å². The van der Waals surface area contributed by atoms with Crippen molar-refractivity contribution in [1.29, 1.82) is 0 Å². The van der Waals surface area contributed by atoms with Crippen LogP contribution in [0.2, 0.25) is 0 Å². The molecule has 2 aromatic rings. The molecule has 0 saturated carbocycles. The van der Waals surface area contributed by atoms with Gasteiger partial charge in [-0.2, -0.15) is 0 Å². The molecule has 0 spiro atoms. The molecule has 18 heavy (non-hydrogen) atoms. The summed E-state index contributed by atoms with van der Waals surface area (Å²) >= 11 is 0. The maximum atomic E-state index is 3.49. The fourth-order valence-corrected chi connectivity index (χ4v) is 2.61. The van der Waals surface area contributed by atoms with Crippen molar-refractivity contribution >= 4 is 10.8 Å². The lowest BCUT2D eigenvalue weighted by atomic mass is 9.84. The molecule has 0 fully saturated rings. The number of benzene rings is 2. The van der Waals surface area contributed by atoms with Crippen molar-refractivity contribution < 1.29 is 0 Å². The minimum atomic E-state index is 0.413. The molecule has 0 aliphatic carbocycles. The molecule has 1 heteroatoms. The maximum absolute atomic E-state index is 3.49. The van der Waals surface area contributed by atoms with Crippen molar-refractivity contribution in [2.45, 2.75) is 26.8 Å². The van der Waals surface area contributed by atoms with Gasteiger partial charge in [0.15, 0.2) is 0 Å². The van der Waals surface area contributed by atoms with E-state index >= 15 is 0 Å². The third-order valence-corrected chi connectivity index (χ3v) is 4.05. The van der Waals surface area contributed by atoms with E-state index < -0.39 is 0 Å². The first-order valence-electron chi connectivity index (χ1n) is 6.80. The summed E-state index contributed by atoms with van der Waals surface area (Å²) in [7, 11) is 2.06. The van der Waals surface area contributed by atoms with Gasteiger partial charge in [-0.3, -0.25) is 0 Å². The van der Waals surface area contributed by atoms with Gasteiger partial charge in [-0.1, -0.05) is 63.2 Å². The Kier molecular flexibility index (Phi) is 4.03. The second-order valence-corrected chi connectivity index (χ2v) is 5.44. The molecule has 1 N–H and O–H groups in total. The second kappa shape index (κ2) is 5.53. The molecule has 1 nitrogen and oxygen atoms in total. The molecule has 0 amide bonds. The molecule has 2 unspecified atom stereocenters. The topological polar surface area (TPSA) is 12.0 Å². The lowest BCUT2D eigenvalue weighted by Gasteiger charge is -2.28. The van der Waals surface area contributed by atoms with Crippen molar-refractivity contribution in [3.05, 3.63) is 48.0 Å². The van der Waals surface area contributed by atoms with Gasteiger partial charge in [0.1, 0.15) is 0 Å². The van der Waals surface area contributed by atoms with Gasteiger partial charge in [0.05, 0.1) is 0 Å². The fraction of sp³-hybridized carbons (Fsp3) is 0.412. The van der Waals surface area contributed by atoms with Crippen molar-refractivity contribution in [2.24, 2.45) is 11.8 Å². The van der Waals surface area contributed by atoms with Crippen LogP contribution in [0, 0.1) is 11.8 Å². The number of fused-ring (bicyclic) bond motifs is 1. The first kappa shape index (κ1) is 13.1. The van der Waals surface area contributed by atoms with E-state index in [1.54, 1.807) is 0 Å². The van der Waals surface area contributed by atoms with Gasteiger partial charge < -0.3 is 5.32 Å². The first-order valence-corrected chi connectivity index (χ1v) is 6.80. The third kappa shape index (κ3) is 2.41. The maximum Gasteiger partial charge on any atom is 0.0352 e. The largest absolute Gasteiger partial charge is 0.313 e. The minimum Gasteiger partial charge on any atom is -0.313 e. The zero-order valence-corrected chi connectivity index (χ0v) is 11.8. The normalized spacial score (nSPS) is 14.9. The van der Waals surface area contributed by atoms with Gasteiger partial charge in [-0.15, -0.1) is 0 Å². The molecule has 2 rings (SSSR count). The number of rotatable bonds is 4. The smallest absolute Gasteiger partial charge is 0.0352 e. The molecule has 0 heterocycles. The monoisotopic (exact) mass is 241 g/mol. The summed E-state index contributed by atoms with van der Waals surface area (Å²) in [6.45, 7) is 6.91. The van der Waals surface area contributed by atoms with Crippen LogP contribution in [0.15, 0.2) is 42.5 Å². The predicted octanol–water partition coefficient (Wildman–Crippen LogP) is 4.39. The molecule has 0 bridgehead atoms. The summed E-state index contributed by atoms with van der Waals surface area (Å²) in [6, 6.07) is 15.7. The number of hydrogen-bond acceptors (Lipinski definition) is 1. The highest BCUT2D eigenvalue weighted by Gasteiger charge is 2.21. The van der Waals surface area contributed by atoms with E-state index in [0.717, 1.165) is 0 Å². The zero-order chi connectivity index (χ0) is 13.1. The van der Waals surface area contributed by atoms with Crippen LogP contribution in [-0.2, 0) is 0 Å². The van der Waals surface area contributed by atoms with Crippen LogP contribution in [0.3, 0.4) is 0 Å².